The Morgan fingerprint density at radius 1 is 1.50 bits per heavy atom. The molecule has 1 unspecified atom stereocenters. The molecule has 0 spiro atoms. The van der Waals surface area contributed by atoms with Crippen molar-refractivity contribution in [2.45, 2.75) is 13.0 Å². The van der Waals surface area contributed by atoms with Crippen LogP contribution in [0.3, 0.4) is 0 Å². The standard InChI is InChI=1S/C15H15BrN2O4/c1-2-22-15(19)7-8-17-9-13(16)11-5-3-4-6-12(11)14(17)10-18(20)21/h3-9,14H,2,10H2,1H3/b8-7+. The number of nitro groups is 1. The van der Waals surface area contributed by atoms with Crippen molar-refractivity contribution in [2.24, 2.45) is 0 Å². The smallest absolute Gasteiger partial charge is 0.332 e. The van der Waals surface area contributed by atoms with Gasteiger partial charge in [-0.15, -0.1) is 0 Å². The van der Waals surface area contributed by atoms with Crippen LogP contribution in [-0.4, -0.2) is 28.9 Å². The van der Waals surface area contributed by atoms with E-state index in [0.717, 1.165) is 15.6 Å². The topological polar surface area (TPSA) is 72.7 Å². The maximum absolute atomic E-state index is 11.4. The fourth-order valence-corrected chi connectivity index (χ4v) is 2.87. The van der Waals surface area contributed by atoms with E-state index in [1.807, 2.05) is 24.3 Å². The van der Waals surface area contributed by atoms with Crippen LogP contribution >= 0.6 is 15.9 Å². The Morgan fingerprint density at radius 3 is 2.91 bits per heavy atom. The van der Waals surface area contributed by atoms with E-state index in [4.69, 9.17) is 4.74 Å². The van der Waals surface area contributed by atoms with Gasteiger partial charge in [-0.3, -0.25) is 10.1 Å². The van der Waals surface area contributed by atoms with Gasteiger partial charge < -0.3 is 9.64 Å². The summed E-state index contributed by atoms with van der Waals surface area (Å²) in [5.41, 5.74) is 1.75. The van der Waals surface area contributed by atoms with Crippen molar-refractivity contribution in [1.82, 2.24) is 4.90 Å². The van der Waals surface area contributed by atoms with Crippen LogP contribution in [0.25, 0.3) is 4.48 Å². The van der Waals surface area contributed by atoms with E-state index in [0.29, 0.717) is 0 Å². The van der Waals surface area contributed by atoms with E-state index in [1.165, 1.54) is 12.3 Å². The summed E-state index contributed by atoms with van der Waals surface area (Å²) in [4.78, 5) is 23.7. The van der Waals surface area contributed by atoms with Crippen molar-refractivity contribution in [1.29, 1.82) is 0 Å². The maximum Gasteiger partial charge on any atom is 0.332 e. The molecule has 0 radical (unpaired) electrons. The number of ether oxygens (including phenoxy) is 1. The first-order valence-electron chi connectivity index (χ1n) is 6.73. The van der Waals surface area contributed by atoms with Crippen molar-refractivity contribution < 1.29 is 14.5 Å². The molecular formula is C15H15BrN2O4. The van der Waals surface area contributed by atoms with Crippen LogP contribution in [0.5, 0.6) is 0 Å². The predicted octanol–water partition coefficient (Wildman–Crippen LogP) is 3.09. The fourth-order valence-electron chi connectivity index (χ4n) is 2.27. The lowest BCUT2D eigenvalue weighted by Crippen LogP contribution is -2.29. The quantitative estimate of drug-likeness (QED) is 0.346. The lowest BCUT2D eigenvalue weighted by atomic mass is 9.96. The number of carbonyl (C=O) groups excluding carboxylic acids is 1. The molecule has 1 aliphatic rings. The molecule has 0 bridgehead atoms. The molecule has 2 rings (SSSR count). The highest BCUT2D eigenvalue weighted by molar-refractivity contribution is 9.15. The highest BCUT2D eigenvalue weighted by Gasteiger charge is 2.29. The van der Waals surface area contributed by atoms with E-state index in [1.54, 1.807) is 18.0 Å². The van der Waals surface area contributed by atoms with E-state index in [2.05, 4.69) is 15.9 Å². The summed E-state index contributed by atoms with van der Waals surface area (Å²) in [6.45, 7) is 1.74. The van der Waals surface area contributed by atoms with Crippen molar-refractivity contribution >= 4 is 26.4 Å². The Kier molecular flexibility index (Phi) is 5.32. The average Bonchev–Trinajstić information content (AvgIpc) is 2.48. The van der Waals surface area contributed by atoms with Gasteiger partial charge in [-0.1, -0.05) is 24.3 Å². The third-order valence-corrected chi connectivity index (χ3v) is 3.82. The average molecular weight is 367 g/mol. The molecule has 1 aromatic rings. The monoisotopic (exact) mass is 366 g/mol. The normalized spacial score (nSPS) is 17.1. The van der Waals surface area contributed by atoms with E-state index < -0.39 is 12.0 Å². The largest absolute Gasteiger partial charge is 0.463 e. The first-order valence-corrected chi connectivity index (χ1v) is 7.53. The number of esters is 1. The Labute approximate surface area is 136 Å². The van der Waals surface area contributed by atoms with Crippen molar-refractivity contribution in [3.05, 3.63) is 64.0 Å². The first-order chi connectivity index (χ1) is 10.5. The summed E-state index contributed by atoms with van der Waals surface area (Å²) in [5, 5.41) is 11.0. The molecule has 0 amide bonds. The van der Waals surface area contributed by atoms with Gasteiger partial charge in [0.2, 0.25) is 6.54 Å². The Morgan fingerprint density at radius 2 is 2.23 bits per heavy atom. The maximum atomic E-state index is 11.4. The number of rotatable bonds is 5. The van der Waals surface area contributed by atoms with Crippen LogP contribution in [0, 0.1) is 10.1 Å². The fraction of sp³-hybridized carbons (Fsp3) is 0.267. The minimum Gasteiger partial charge on any atom is -0.463 e. The summed E-state index contributed by atoms with van der Waals surface area (Å²) in [5.74, 6) is -0.481. The van der Waals surface area contributed by atoms with E-state index in [-0.39, 0.29) is 18.1 Å². The molecule has 0 N–H and O–H groups in total. The molecule has 0 saturated heterocycles. The third kappa shape index (κ3) is 3.73. The summed E-state index contributed by atoms with van der Waals surface area (Å²) in [7, 11) is 0. The molecule has 1 atom stereocenters. The molecule has 0 saturated carbocycles. The molecule has 7 heteroatoms. The second-order valence-corrected chi connectivity index (χ2v) is 5.46. The van der Waals surface area contributed by atoms with Gasteiger partial charge in [0.05, 0.1) is 6.61 Å². The first kappa shape index (κ1) is 16.2. The third-order valence-electron chi connectivity index (χ3n) is 3.19. The Bertz CT molecular complexity index is 642. The van der Waals surface area contributed by atoms with Gasteiger partial charge in [0.1, 0.15) is 6.04 Å². The zero-order valence-electron chi connectivity index (χ0n) is 11.9. The van der Waals surface area contributed by atoms with Gasteiger partial charge in [0.15, 0.2) is 0 Å². The second-order valence-electron chi connectivity index (χ2n) is 4.61. The van der Waals surface area contributed by atoms with Gasteiger partial charge in [0, 0.05) is 27.9 Å². The minimum absolute atomic E-state index is 0.263. The van der Waals surface area contributed by atoms with Crippen molar-refractivity contribution in [3.8, 4) is 0 Å². The summed E-state index contributed by atoms with van der Waals surface area (Å²) < 4.78 is 5.63. The molecule has 22 heavy (non-hydrogen) atoms. The molecule has 1 aliphatic heterocycles. The number of halogens is 1. The van der Waals surface area contributed by atoms with Crippen molar-refractivity contribution in [3.63, 3.8) is 0 Å². The van der Waals surface area contributed by atoms with Gasteiger partial charge in [-0.2, -0.15) is 0 Å². The summed E-state index contributed by atoms with van der Waals surface area (Å²) in [6, 6.07) is 6.99. The number of nitrogens with zero attached hydrogens (tertiary/aromatic N) is 2. The molecule has 116 valence electrons. The lowest BCUT2D eigenvalue weighted by Gasteiger charge is -2.31. The van der Waals surface area contributed by atoms with Gasteiger partial charge >= 0.3 is 5.97 Å². The SMILES string of the molecule is CCOC(=O)/C=C/N1C=C(Br)c2ccccc2C1C[N+](=O)[O-]. The number of carbonyl (C=O) groups is 1. The molecule has 0 aliphatic carbocycles. The zero-order valence-corrected chi connectivity index (χ0v) is 13.5. The van der Waals surface area contributed by atoms with Gasteiger partial charge in [-0.25, -0.2) is 4.79 Å². The molecule has 6 nitrogen and oxygen atoms in total. The number of fused-ring (bicyclic) bond motifs is 1. The predicted molar refractivity (Wildman–Crippen MR) is 85.6 cm³/mol. The van der Waals surface area contributed by atoms with Crippen LogP contribution in [0.1, 0.15) is 24.1 Å². The minimum atomic E-state index is -0.481. The van der Waals surface area contributed by atoms with E-state index in [9.17, 15) is 14.9 Å². The van der Waals surface area contributed by atoms with Crippen LogP contribution in [0.15, 0.2) is 42.7 Å². The van der Waals surface area contributed by atoms with Crippen LogP contribution < -0.4 is 0 Å². The number of hydrogen-bond donors (Lipinski definition) is 0. The number of hydrogen-bond acceptors (Lipinski definition) is 5. The molecule has 0 aromatic heterocycles. The highest BCUT2D eigenvalue weighted by Crippen LogP contribution is 2.37. The van der Waals surface area contributed by atoms with Crippen LogP contribution in [0.2, 0.25) is 0 Å². The van der Waals surface area contributed by atoms with Gasteiger partial charge in [0.25, 0.3) is 0 Å². The van der Waals surface area contributed by atoms with Crippen molar-refractivity contribution in [2.75, 3.05) is 13.2 Å². The van der Waals surface area contributed by atoms with Gasteiger partial charge in [-0.05, 0) is 34.0 Å². The molecule has 1 aromatic carbocycles. The van der Waals surface area contributed by atoms with Crippen LogP contribution in [0.4, 0.5) is 0 Å². The van der Waals surface area contributed by atoms with Crippen LogP contribution in [-0.2, 0) is 9.53 Å². The Balaban J connectivity index is 2.34. The lowest BCUT2D eigenvalue weighted by molar-refractivity contribution is -0.486. The van der Waals surface area contributed by atoms with E-state index >= 15 is 0 Å². The zero-order chi connectivity index (χ0) is 16.1. The molecule has 1 heterocycles. The summed E-state index contributed by atoms with van der Waals surface area (Å²) in [6.07, 6.45) is 4.50. The Hall–Kier alpha value is -2.15. The molecule has 0 fully saturated rings. The second kappa shape index (κ2) is 7.22. The number of benzene rings is 1. The highest BCUT2D eigenvalue weighted by atomic mass is 79.9. The summed E-state index contributed by atoms with van der Waals surface area (Å²) >= 11 is 3.46. The molecular weight excluding hydrogens is 352 g/mol.